The molecule has 2 amide bonds. The van der Waals surface area contributed by atoms with Crippen LogP contribution in [0.15, 0.2) is 0 Å². The molecule has 0 aliphatic carbocycles. The number of aliphatic carboxylic acids is 1. The van der Waals surface area contributed by atoms with Crippen LogP contribution in [0.1, 0.15) is 32.1 Å². The van der Waals surface area contributed by atoms with E-state index in [1.165, 1.54) is 0 Å². The first-order valence-electron chi connectivity index (χ1n) is 7.51. The van der Waals surface area contributed by atoms with Gasteiger partial charge in [0, 0.05) is 25.7 Å². The van der Waals surface area contributed by atoms with Gasteiger partial charge in [0.15, 0.2) is 0 Å². The third-order valence-corrected chi connectivity index (χ3v) is 4.33. The van der Waals surface area contributed by atoms with Crippen molar-refractivity contribution in [2.24, 2.45) is 5.92 Å². The van der Waals surface area contributed by atoms with Crippen LogP contribution < -0.4 is 5.32 Å². The molecular formula is C14H25N3O3. The van der Waals surface area contributed by atoms with Crippen molar-refractivity contribution in [1.29, 1.82) is 0 Å². The summed E-state index contributed by atoms with van der Waals surface area (Å²) in [5, 5.41) is 11.9. The number of carboxylic acids is 1. The fourth-order valence-corrected chi connectivity index (χ4v) is 3.21. The van der Waals surface area contributed by atoms with Crippen LogP contribution >= 0.6 is 0 Å². The van der Waals surface area contributed by atoms with Gasteiger partial charge in [0.1, 0.15) is 0 Å². The topological polar surface area (TPSA) is 72.9 Å². The highest BCUT2D eigenvalue weighted by molar-refractivity contribution is 5.76. The highest BCUT2D eigenvalue weighted by Crippen LogP contribution is 2.20. The van der Waals surface area contributed by atoms with Crippen molar-refractivity contribution in [3.05, 3.63) is 0 Å². The highest BCUT2D eigenvalue weighted by Gasteiger charge is 2.29. The Bertz CT molecular complexity index is 362. The van der Waals surface area contributed by atoms with Crippen molar-refractivity contribution in [2.75, 3.05) is 33.2 Å². The molecule has 0 spiro atoms. The molecule has 2 atom stereocenters. The molecule has 2 N–H and O–H groups in total. The van der Waals surface area contributed by atoms with Crippen molar-refractivity contribution in [3.8, 4) is 0 Å². The van der Waals surface area contributed by atoms with Gasteiger partial charge in [-0.1, -0.05) is 0 Å². The molecule has 0 saturated carbocycles. The second-order valence-electron chi connectivity index (χ2n) is 6.04. The highest BCUT2D eigenvalue weighted by atomic mass is 16.4. The van der Waals surface area contributed by atoms with Gasteiger partial charge < -0.3 is 20.2 Å². The number of amides is 2. The third-order valence-electron chi connectivity index (χ3n) is 4.33. The SMILES string of the molecule is CN1CCC(CNC(=O)N2CCCCC2CC(=O)O)C1. The zero-order chi connectivity index (χ0) is 14.5. The molecule has 0 aromatic carbocycles. The standard InChI is InChI=1S/C14H25N3O3/c1-16-7-5-11(10-16)9-15-14(20)17-6-3-2-4-12(17)8-13(18)19/h11-12H,2-10H2,1H3,(H,15,20)(H,18,19). The molecule has 2 unspecified atom stereocenters. The van der Waals surface area contributed by atoms with Crippen LogP contribution in [0.3, 0.4) is 0 Å². The summed E-state index contributed by atoms with van der Waals surface area (Å²) in [6, 6.07) is -0.238. The Morgan fingerprint density at radius 2 is 2.05 bits per heavy atom. The number of nitrogens with zero attached hydrogens (tertiary/aromatic N) is 2. The maximum Gasteiger partial charge on any atom is 0.317 e. The van der Waals surface area contributed by atoms with Gasteiger partial charge in [-0.05, 0) is 45.2 Å². The molecule has 2 aliphatic heterocycles. The van der Waals surface area contributed by atoms with Crippen LogP contribution in [-0.2, 0) is 4.79 Å². The predicted molar refractivity (Wildman–Crippen MR) is 75.6 cm³/mol. The number of likely N-dealkylation sites (tertiary alicyclic amines) is 2. The van der Waals surface area contributed by atoms with E-state index in [4.69, 9.17) is 5.11 Å². The van der Waals surface area contributed by atoms with E-state index in [1.54, 1.807) is 4.90 Å². The van der Waals surface area contributed by atoms with Gasteiger partial charge in [-0.2, -0.15) is 0 Å². The third kappa shape index (κ3) is 4.10. The molecule has 0 radical (unpaired) electrons. The Balaban J connectivity index is 1.81. The molecule has 2 saturated heterocycles. The number of carboxylic acid groups (broad SMARTS) is 1. The van der Waals surface area contributed by atoms with Crippen LogP contribution in [0.25, 0.3) is 0 Å². The minimum atomic E-state index is -0.827. The second-order valence-corrected chi connectivity index (χ2v) is 6.04. The summed E-state index contributed by atoms with van der Waals surface area (Å²) in [6.45, 7) is 3.48. The van der Waals surface area contributed by atoms with Crippen molar-refractivity contribution >= 4 is 12.0 Å². The van der Waals surface area contributed by atoms with E-state index in [-0.39, 0.29) is 18.5 Å². The van der Waals surface area contributed by atoms with E-state index in [0.717, 1.165) is 38.8 Å². The molecule has 0 aromatic rings. The molecule has 6 nitrogen and oxygen atoms in total. The summed E-state index contributed by atoms with van der Waals surface area (Å²) in [6.07, 6.45) is 3.95. The molecule has 2 aliphatic rings. The molecule has 20 heavy (non-hydrogen) atoms. The van der Waals surface area contributed by atoms with E-state index in [0.29, 0.717) is 19.0 Å². The number of nitrogens with one attached hydrogen (secondary N) is 1. The molecule has 2 rings (SSSR count). The van der Waals surface area contributed by atoms with E-state index in [1.807, 2.05) is 0 Å². The lowest BCUT2D eigenvalue weighted by Crippen LogP contribution is -2.50. The van der Waals surface area contributed by atoms with Gasteiger partial charge in [-0.15, -0.1) is 0 Å². The average Bonchev–Trinajstić information content (AvgIpc) is 2.82. The zero-order valence-corrected chi connectivity index (χ0v) is 12.2. The minimum absolute atomic E-state index is 0.0551. The largest absolute Gasteiger partial charge is 0.481 e. The Labute approximate surface area is 120 Å². The summed E-state index contributed by atoms with van der Waals surface area (Å²) in [5.41, 5.74) is 0. The van der Waals surface area contributed by atoms with Crippen molar-refractivity contribution < 1.29 is 14.7 Å². The van der Waals surface area contributed by atoms with Crippen molar-refractivity contribution in [1.82, 2.24) is 15.1 Å². The Morgan fingerprint density at radius 3 is 2.70 bits per heavy atom. The number of hydrogen-bond donors (Lipinski definition) is 2. The lowest BCUT2D eigenvalue weighted by Gasteiger charge is -2.35. The quantitative estimate of drug-likeness (QED) is 0.806. The first kappa shape index (κ1) is 15.1. The normalized spacial score (nSPS) is 27.6. The van der Waals surface area contributed by atoms with Gasteiger partial charge in [-0.3, -0.25) is 4.79 Å². The zero-order valence-electron chi connectivity index (χ0n) is 12.2. The number of carbonyl (C=O) groups excluding carboxylic acids is 1. The van der Waals surface area contributed by atoms with Gasteiger partial charge >= 0.3 is 12.0 Å². The van der Waals surface area contributed by atoms with Crippen molar-refractivity contribution in [2.45, 2.75) is 38.1 Å². The summed E-state index contributed by atoms with van der Waals surface area (Å²) in [7, 11) is 2.09. The van der Waals surface area contributed by atoms with Crippen molar-refractivity contribution in [3.63, 3.8) is 0 Å². The Morgan fingerprint density at radius 1 is 1.25 bits per heavy atom. The lowest BCUT2D eigenvalue weighted by atomic mass is 10.00. The summed E-state index contributed by atoms with van der Waals surface area (Å²) in [4.78, 5) is 27.1. The van der Waals surface area contributed by atoms with E-state index in [2.05, 4.69) is 17.3 Å². The maximum atomic E-state index is 12.2. The van der Waals surface area contributed by atoms with Crippen LogP contribution in [0.2, 0.25) is 0 Å². The van der Waals surface area contributed by atoms with E-state index in [9.17, 15) is 9.59 Å². The first-order chi connectivity index (χ1) is 9.56. The van der Waals surface area contributed by atoms with Gasteiger partial charge in [0.2, 0.25) is 0 Å². The van der Waals surface area contributed by atoms with E-state index < -0.39 is 5.97 Å². The molecule has 0 aromatic heterocycles. The van der Waals surface area contributed by atoms with Gasteiger partial charge in [0.25, 0.3) is 0 Å². The monoisotopic (exact) mass is 283 g/mol. The molecule has 2 heterocycles. The van der Waals surface area contributed by atoms with Crippen LogP contribution in [-0.4, -0.2) is 66.2 Å². The minimum Gasteiger partial charge on any atom is -0.481 e. The summed E-state index contributed by atoms with van der Waals surface area (Å²) >= 11 is 0. The molecule has 0 bridgehead atoms. The molecular weight excluding hydrogens is 258 g/mol. The number of carbonyl (C=O) groups is 2. The number of rotatable bonds is 4. The maximum absolute atomic E-state index is 12.2. The predicted octanol–water partition coefficient (Wildman–Crippen LogP) is 0.977. The Hall–Kier alpha value is -1.30. The molecule has 6 heteroatoms. The molecule has 114 valence electrons. The fourth-order valence-electron chi connectivity index (χ4n) is 3.21. The van der Waals surface area contributed by atoms with Crippen LogP contribution in [0, 0.1) is 5.92 Å². The smallest absolute Gasteiger partial charge is 0.317 e. The second kappa shape index (κ2) is 6.92. The van der Waals surface area contributed by atoms with Gasteiger partial charge in [-0.25, -0.2) is 4.79 Å². The lowest BCUT2D eigenvalue weighted by molar-refractivity contribution is -0.138. The summed E-state index contributed by atoms with van der Waals surface area (Å²) < 4.78 is 0. The van der Waals surface area contributed by atoms with E-state index >= 15 is 0 Å². The average molecular weight is 283 g/mol. The number of piperidine rings is 1. The summed E-state index contributed by atoms with van der Waals surface area (Å²) in [5.74, 6) is -0.307. The first-order valence-corrected chi connectivity index (χ1v) is 7.51. The number of hydrogen-bond acceptors (Lipinski definition) is 3. The Kier molecular flexibility index (Phi) is 5.23. The molecule has 2 fully saturated rings. The number of urea groups is 1. The fraction of sp³-hybridized carbons (Fsp3) is 0.857. The van der Waals surface area contributed by atoms with Crippen LogP contribution in [0.4, 0.5) is 4.79 Å². The van der Waals surface area contributed by atoms with Crippen LogP contribution in [0.5, 0.6) is 0 Å². The van der Waals surface area contributed by atoms with Gasteiger partial charge in [0.05, 0.1) is 6.42 Å².